The standard InChI is InChI=1S/C25H32FN5OS/c26-19-9-11-22(12-10-19)31-23(17-29-15-5-2-6-16-29)27-28-25(31)33-18-24(32)30(21-13-14-21)20-7-3-1-4-8-20/h7,9-12,21H,1-6,8,13-18H2. The lowest BCUT2D eigenvalue weighted by molar-refractivity contribution is -0.127. The van der Waals surface area contributed by atoms with Gasteiger partial charge in [0.1, 0.15) is 5.82 Å². The number of hydrogen-bond acceptors (Lipinski definition) is 5. The third-order valence-corrected chi connectivity index (χ3v) is 7.59. The second-order valence-electron chi connectivity index (χ2n) is 9.27. The summed E-state index contributed by atoms with van der Waals surface area (Å²) in [6, 6.07) is 6.81. The monoisotopic (exact) mass is 469 g/mol. The molecule has 2 fully saturated rings. The minimum absolute atomic E-state index is 0.155. The molecular formula is C25H32FN5OS. The number of rotatable bonds is 8. The molecule has 1 aromatic carbocycles. The van der Waals surface area contributed by atoms with E-state index in [0.717, 1.165) is 56.7 Å². The van der Waals surface area contributed by atoms with E-state index >= 15 is 0 Å². The largest absolute Gasteiger partial charge is 0.313 e. The van der Waals surface area contributed by atoms with Crippen LogP contribution in [0.25, 0.3) is 5.69 Å². The van der Waals surface area contributed by atoms with Crippen molar-refractivity contribution < 1.29 is 9.18 Å². The van der Waals surface area contributed by atoms with E-state index in [-0.39, 0.29) is 11.7 Å². The summed E-state index contributed by atoms with van der Waals surface area (Å²) in [5.41, 5.74) is 2.04. The van der Waals surface area contributed by atoms with Gasteiger partial charge in [0.05, 0.1) is 12.3 Å². The first-order valence-corrected chi connectivity index (χ1v) is 13.2. The number of carbonyl (C=O) groups excluding carboxylic acids is 1. The Morgan fingerprint density at radius 3 is 2.55 bits per heavy atom. The SMILES string of the molecule is O=C(CSc1nnc(CN2CCCCC2)n1-c1ccc(F)cc1)N(C1=CCCCC1)C1CC1. The summed E-state index contributed by atoms with van der Waals surface area (Å²) in [5, 5.41) is 9.63. The molecule has 0 atom stereocenters. The van der Waals surface area contributed by atoms with E-state index < -0.39 is 0 Å². The van der Waals surface area contributed by atoms with Crippen molar-refractivity contribution in [2.75, 3.05) is 18.8 Å². The molecule has 0 unspecified atom stereocenters. The topological polar surface area (TPSA) is 54.3 Å². The molecule has 2 aromatic rings. The van der Waals surface area contributed by atoms with Crippen molar-refractivity contribution in [1.82, 2.24) is 24.6 Å². The Morgan fingerprint density at radius 1 is 1.06 bits per heavy atom. The highest BCUT2D eigenvalue weighted by atomic mass is 32.2. The molecule has 2 heterocycles. The molecule has 33 heavy (non-hydrogen) atoms. The second kappa shape index (κ2) is 10.4. The highest BCUT2D eigenvalue weighted by Crippen LogP contribution is 2.35. The van der Waals surface area contributed by atoms with Gasteiger partial charge in [-0.05, 0) is 88.7 Å². The van der Waals surface area contributed by atoms with Crippen molar-refractivity contribution in [2.24, 2.45) is 0 Å². The molecule has 5 rings (SSSR count). The lowest BCUT2D eigenvalue weighted by atomic mass is 10.0. The summed E-state index contributed by atoms with van der Waals surface area (Å²) in [6.07, 6.45) is 12.6. The van der Waals surface area contributed by atoms with Gasteiger partial charge in [0.15, 0.2) is 11.0 Å². The van der Waals surface area contributed by atoms with Gasteiger partial charge < -0.3 is 4.90 Å². The fourth-order valence-electron chi connectivity index (χ4n) is 4.83. The van der Waals surface area contributed by atoms with Gasteiger partial charge in [-0.15, -0.1) is 10.2 Å². The van der Waals surface area contributed by atoms with Crippen LogP contribution >= 0.6 is 11.8 Å². The number of piperidine rings is 1. The molecule has 176 valence electrons. The third-order valence-electron chi connectivity index (χ3n) is 6.68. The van der Waals surface area contributed by atoms with Crippen molar-refractivity contribution in [3.8, 4) is 5.69 Å². The van der Waals surface area contributed by atoms with Crippen LogP contribution < -0.4 is 0 Å². The van der Waals surface area contributed by atoms with Crippen molar-refractivity contribution in [3.63, 3.8) is 0 Å². The van der Waals surface area contributed by atoms with Gasteiger partial charge in [0, 0.05) is 17.4 Å². The lowest BCUT2D eigenvalue weighted by Gasteiger charge is -2.27. The summed E-state index contributed by atoms with van der Waals surface area (Å²) < 4.78 is 15.6. The van der Waals surface area contributed by atoms with Crippen molar-refractivity contribution in [2.45, 2.75) is 75.5 Å². The van der Waals surface area contributed by atoms with E-state index in [1.165, 1.54) is 55.3 Å². The lowest BCUT2D eigenvalue weighted by Crippen LogP contribution is -2.34. The van der Waals surface area contributed by atoms with Crippen molar-refractivity contribution in [3.05, 3.63) is 47.7 Å². The van der Waals surface area contributed by atoms with E-state index in [1.807, 2.05) is 4.57 Å². The zero-order chi connectivity index (χ0) is 22.6. The van der Waals surface area contributed by atoms with Crippen LogP contribution in [-0.4, -0.2) is 55.4 Å². The first-order valence-electron chi connectivity index (χ1n) is 12.3. The average Bonchev–Trinajstić information content (AvgIpc) is 3.60. The van der Waals surface area contributed by atoms with E-state index in [9.17, 15) is 9.18 Å². The van der Waals surface area contributed by atoms with Gasteiger partial charge in [0.25, 0.3) is 0 Å². The molecule has 1 aromatic heterocycles. The Morgan fingerprint density at radius 2 is 1.85 bits per heavy atom. The summed E-state index contributed by atoms with van der Waals surface area (Å²) in [4.78, 5) is 17.7. The maximum Gasteiger partial charge on any atom is 0.237 e. The number of nitrogens with zero attached hydrogens (tertiary/aromatic N) is 5. The van der Waals surface area contributed by atoms with Crippen LogP contribution in [0.4, 0.5) is 4.39 Å². The molecule has 0 bridgehead atoms. The fraction of sp³-hybridized carbons (Fsp3) is 0.560. The number of halogens is 1. The molecular weight excluding hydrogens is 437 g/mol. The van der Waals surface area contributed by atoms with Crippen LogP contribution in [0.2, 0.25) is 0 Å². The van der Waals surface area contributed by atoms with Crippen LogP contribution in [-0.2, 0) is 11.3 Å². The fourth-order valence-corrected chi connectivity index (χ4v) is 5.66. The van der Waals surface area contributed by atoms with Crippen LogP contribution in [0, 0.1) is 5.82 Å². The first-order chi connectivity index (χ1) is 16.2. The van der Waals surface area contributed by atoms with Gasteiger partial charge >= 0.3 is 0 Å². The van der Waals surface area contributed by atoms with E-state index in [4.69, 9.17) is 0 Å². The molecule has 0 spiro atoms. The number of carbonyl (C=O) groups is 1. The summed E-state index contributed by atoms with van der Waals surface area (Å²) in [6.45, 7) is 2.82. The molecule has 1 amide bonds. The maximum absolute atomic E-state index is 13.6. The molecule has 6 nitrogen and oxygen atoms in total. The molecule has 1 saturated heterocycles. The molecule has 3 aliphatic rings. The minimum Gasteiger partial charge on any atom is -0.313 e. The van der Waals surface area contributed by atoms with Gasteiger partial charge in [-0.25, -0.2) is 4.39 Å². The summed E-state index contributed by atoms with van der Waals surface area (Å²) >= 11 is 1.43. The Kier molecular flexibility index (Phi) is 7.11. The Labute approximate surface area is 199 Å². The van der Waals surface area contributed by atoms with Gasteiger partial charge in [-0.3, -0.25) is 14.3 Å². The third kappa shape index (κ3) is 5.49. The summed E-state index contributed by atoms with van der Waals surface area (Å²) in [5.74, 6) is 1.06. The Balaban J connectivity index is 1.35. The van der Waals surface area contributed by atoms with Crippen molar-refractivity contribution in [1.29, 1.82) is 0 Å². The van der Waals surface area contributed by atoms with E-state index in [0.29, 0.717) is 23.5 Å². The van der Waals surface area contributed by atoms with E-state index in [1.54, 1.807) is 12.1 Å². The minimum atomic E-state index is -0.269. The van der Waals surface area contributed by atoms with Gasteiger partial charge in [-0.2, -0.15) is 0 Å². The zero-order valence-corrected chi connectivity index (χ0v) is 19.9. The molecule has 8 heteroatoms. The molecule has 1 aliphatic heterocycles. The number of allylic oxidation sites excluding steroid dienone is 2. The normalized spacial score (nSPS) is 19.4. The average molecular weight is 470 g/mol. The molecule has 0 radical (unpaired) electrons. The Bertz CT molecular complexity index is 995. The van der Waals surface area contributed by atoms with Gasteiger partial charge in [-0.1, -0.05) is 24.3 Å². The number of likely N-dealkylation sites (tertiary alicyclic amines) is 1. The highest BCUT2D eigenvalue weighted by molar-refractivity contribution is 7.99. The number of hydrogen-bond donors (Lipinski definition) is 0. The zero-order valence-electron chi connectivity index (χ0n) is 19.1. The number of benzene rings is 1. The number of amides is 1. The van der Waals surface area contributed by atoms with Crippen LogP contribution in [0.3, 0.4) is 0 Å². The van der Waals surface area contributed by atoms with Crippen LogP contribution in [0.5, 0.6) is 0 Å². The van der Waals surface area contributed by atoms with Crippen LogP contribution in [0.15, 0.2) is 41.2 Å². The number of aromatic nitrogens is 3. The second-order valence-corrected chi connectivity index (χ2v) is 10.2. The molecule has 1 saturated carbocycles. The predicted octanol–water partition coefficient (Wildman–Crippen LogP) is 4.93. The van der Waals surface area contributed by atoms with Crippen LogP contribution in [0.1, 0.15) is 63.6 Å². The van der Waals surface area contributed by atoms with Crippen molar-refractivity contribution >= 4 is 17.7 Å². The predicted molar refractivity (Wildman–Crippen MR) is 128 cm³/mol. The quantitative estimate of drug-likeness (QED) is 0.513. The smallest absolute Gasteiger partial charge is 0.237 e. The maximum atomic E-state index is 13.6. The Hall–Kier alpha value is -2.19. The van der Waals surface area contributed by atoms with Gasteiger partial charge in [0.2, 0.25) is 5.91 Å². The summed E-state index contributed by atoms with van der Waals surface area (Å²) in [7, 11) is 0. The number of thioether (sulfide) groups is 1. The first kappa shape index (κ1) is 22.6. The molecule has 0 N–H and O–H groups in total. The highest BCUT2D eigenvalue weighted by Gasteiger charge is 2.35. The van der Waals surface area contributed by atoms with E-state index in [2.05, 4.69) is 26.1 Å². The molecule has 2 aliphatic carbocycles.